The van der Waals surface area contributed by atoms with Crippen LogP contribution in [0.3, 0.4) is 0 Å². The average Bonchev–Trinajstić information content (AvgIpc) is 2.42. The lowest BCUT2D eigenvalue weighted by Crippen LogP contribution is -2.04. The van der Waals surface area contributed by atoms with Gasteiger partial charge >= 0.3 is 0 Å². The molecular formula is C14H17ClN4. The first-order valence-electron chi connectivity index (χ1n) is 6.22. The second kappa shape index (κ2) is 5.89. The highest BCUT2D eigenvalue weighted by Gasteiger charge is 2.07. The molecule has 100 valence electrons. The van der Waals surface area contributed by atoms with Crippen molar-refractivity contribution >= 4 is 28.9 Å². The standard InChI is InChI=1S/C14H17ClN4/c1-4-11-17-12(16-3)8-13(18-11)19-14-9(2)6-5-7-10(14)15/h5-8H,4H2,1-3H3,(H2,16,17,18,19). The van der Waals surface area contributed by atoms with Gasteiger partial charge in [-0.15, -0.1) is 0 Å². The van der Waals surface area contributed by atoms with E-state index in [1.807, 2.05) is 45.2 Å². The fraction of sp³-hybridized carbons (Fsp3) is 0.286. The molecule has 0 fully saturated rings. The fourth-order valence-corrected chi connectivity index (χ4v) is 2.03. The molecule has 0 unspecified atom stereocenters. The Bertz CT molecular complexity index is 541. The van der Waals surface area contributed by atoms with Crippen LogP contribution >= 0.6 is 11.6 Å². The number of aryl methyl sites for hydroxylation is 2. The molecule has 0 aliphatic carbocycles. The van der Waals surface area contributed by atoms with Crippen LogP contribution in [-0.2, 0) is 6.42 Å². The third-order valence-electron chi connectivity index (χ3n) is 2.82. The Morgan fingerprint density at radius 2 is 1.95 bits per heavy atom. The smallest absolute Gasteiger partial charge is 0.136 e. The highest BCUT2D eigenvalue weighted by molar-refractivity contribution is 6.33. The van der Waals surface area contributed by atoms with Gasteiger partial charge in [-0.05, 0) is 18.6 Å². The zero-order chi connectivity index (χ0) is 13.8. The van der Waals surface area contributed by atoms with Crippen molar-refractivity contribution in [3.05, 3.63) is 40.7 Å². The van der Waals surface area contributed by atoms with Gasteiger partial charge in [0.25, 0.3) is 0 Å². The molecule has 2 aromatic rings. The Morgan fingerprint density at radius 3 is 2.58 bits per heavy atom. The van der Waals surface area contributed by atoms with Crippen molar-refractivity contribution in [1.29, 1.82) is 0 Å². The number of nitrogens with one attached hydrogen (secondary N) is 2. The lowest BCUT2D eigenvalue weighted by molar-refractivity contribution is 0.944. The predicted molar refractivity (Wildman–Crippen MR) is 80.4 cm³/mol. The molecule has 5 heteroatoms. The van der Waals surface area contributed by atoms with Crippen molar-refractivity contribution in [2.45, 2.75) is 20.3 Å². The van der Waals surface area contributed by atoms with E-state index in [1.54, 1.807) is 0 Å². The third-order valence-corrected chi connectivity index (χ3v) is 3.13. The molecular weight excluding hydrogens is 260 g/mol. The van der Waals surface area contributed by atoms with Crippen LogP contribution in [0.15, 0.2) is 24.3 Å². The first kappa shape index (κ1) is 13.6. The molecule has 2 rings (SSSR count). The molecule has 0 atom stereocenters. The summed E-state index contributed by atoms with van der Waals surface area (Å²) in [6.45, 7) is 4.04. The second-order valence-electron chi connectivity index (χ2n) is 4.21. The van der Waals surface area contributed by atoms with Gasteiger partial charge in [-0.25, -0.2) is 9.97 Å². The maximum Gasteiger partial charge on any atom is 0.136 e. The van der Waals surface area contributed by atoms with Crippen molar-refractivity contribution in [3.8, 4) is 0 Å². The number of nitrogens with zero attached hydrogens (tertiary/aromatic N) is 2. The molecule has 1 heterocycles. The largest absolute Gasteiger partial charge is 0.373 e. The topological polar surface area (TPSA) is 49.8 Å². The molecule has 4 nitrogen and oxygen atoms in total. The zero-order valence-corrected chi connectivity index (χ0v) is 12.0. The van der Waals surface area contributed by atoms with E-state index in [0.29, 0.717) is 5.02 Å². The van der Waals surface area contributed by atoms with E-state index in [1.165, 1.54) is 0 Å². The molecule has 0 saturated carbocycles. The minimum atomic E-state index is 0.683. The van der Waals surface area contributed by atoms with Crippen LogP contribution < -0.4 is 10.6 Å². The quantitative estimate of drug-likeness (QED) is 0.892. The number of para-hydroxylation sites is 1. The van der Waals surface area contributed by atoms with Gasteiger partial charge in [-0.1, -0.05) is 30.7 Å². The van der Waals surface area contributed by atoms with Crippen molar-refractivity contribution in [2.75, 3.05) is 17.7 Å². The summed E-state index contributed by atoms with van der Waals surface area (Å²) in [6.07, 6.45) is 0.783. The molecule has 1 aromatic heterocycles. The van der Waals surface area contributed by atoms with Gasteiger partial charge in [-0.3, -0.25) is 0 Å². The number of anilines is 3. The number of hydrogen-bond donors (Lipinski definition) is 2. The van der Waals surface area contributed by atoms with Gasteiger partial charge in [-0.2, -0.15) is 0 Å². The second-order valence-corrected chi connectivity index (χ2v) is 4.62. The highest BCUT2D eigenvalue weighted by Crippen LogP contribution is 2.28. The normalized spacial score (nSPS) is 10.3. The molecule has 0 bridgehead atoms. The van der Waals surface area contributed by atoms with E-state index in [4.69, 9.17) is 11.6 Å². The Morgan fingerprint density at radius 1 is 1.21 bits per heavy atom. The maximum atomic E-state index is 6.21. The van der Waals surface area contributed by atoms with Crippen molar-refractivity contribution in [2.24, 2.45) is 0 Å². The predicted octanol–water partition coefficient (Wildman–Crippen LogP) is 3.79. The molecule has 0 spiro atoms. The van der Waals surface area contributed by atoms with Crippen LogP contribution in [0, 0.1) is 6.92 Å². The van der Waals surface area contributed by atoms with Gasteiger partial charge in [0, 0.05) is 19.5 Å². The van der Waals surface area contributed by atoms with Gasteiger partial charge in [0.1, 0.15) is 17.5 Å². The minimum Gasteiger partial charge on any atom is -0.373 e. The van der Waals surface area contributed by atoms with Crippen molar-refractivity contribution in [1.82, 2.24) is 9.97 Å². The summed E-state index contributed by atoms with van der Waals surface area (Å²) in [7, 11) is 1.84. The lowest BCUT2D eigenvalue weighted by Gasteiger charge is -2.12. The average molecular weight is 277 g/mol. The van der Waals surface area contributed by atoms with Crippen LogP contribution in [0.25, 0.3) is 0 Å². The van der Waals surface area contributed by atoms with Crippen LogP contribution in [0.5, 0.6) is 0 Å². The number of rotatable bonds is 4. The molecule has 0 aliphatic rings. The van der Waals surface area contributed by atoms with Crippen LogP contribution in [0.2, 0.25) is 5.02 Å². The van der Waals surface area contributed by atoms with Gasteiger partial charge in [0.15, 0.2) is 0 Å². The van der Waals surface area contributed by atoms with Gasteiger partial charge in [0.05, 0.1) is 10.7 Å². The Kier molecular flexibility index (Phi) is 4.22. The van der Waals surface area contributed by atoms with Crippen LogP contribution in [0.4, 0.5) is 17.3 Å². The maximum absolute atomic E-state index is 6.21. The Balaban J connectivity index is 2.37. The van der Waals surface area contributed by atoms with E-state index >= 15 is 0 Å². The third kappa shape index (κ3) is 3.15. The highest BCUT2D eigenvalue weighted by atomic mass is 35.5. The van der Waals surface area contributed by atoms with E-state index < -0.39 is 0 Å². The first-order chi connectivity index (χ1) is 9.13. The molecule has 0 radical (unpaired) electrons. The summed E-state index contributed by atoms with van der Waals surface area (Å²) in [6, 6.07) is 7.66. The Hall–Kier alpha value is -1.81. The van der Waals surface area contributed by atoms with Crippen LogP contribution in [-0.4, -0.2) is 17.0 Å². The van der Waals surface area contributed by atoms with E-state index in [2.05, 4.69) is 20.6 Å². The van der Waals surface area contributed by atoms with E-state index in [0.717, 1.165) is 35.1 Å². The fourth-order valence-electron chi connectivity index (χ4n) is 1.77. The van der Waals surface area contributed by atoms with Crippen molar-refractivity contribution < 1.29 is 0 Å². The van der Waals surface area contributed by atoms with Gasteiger partial charge < -0.3 is 10.6 Å². The molecule has 0 aliphatic heterocycles. The number of aromatic nitrogens is 2. The number of hydrogen-bond acceptors (Lipinski definition) is 4. The summed E-state index contributed by atoms with van der Waals surface area (Å²) < 4.78 is 0. The number of benzene rings is 1. The summed E-state index contributed by atoms with van der Waals surface area (Å²) in [5.41, 5.74) is 1.96. The summed E-state index contributed by atoms with van der Waals surface area (Å²) in [5.74, 6) is 2.32. The summed E-state index contributed by atoms with van der Waals surface area (Å²) >= 11 is 6.21. The first-order valence-corrected chi connectivity index (χ1v) is 6.59. The molecule has 2 N–H and O–H groups in total. The van der Waals surface area contributed by atoms with E-state index in [9.17, 15) is 0 Å². The monoisotopic (exact) mass is 276 g/mol. The lowest BCUT2D eigenvalue weighted by atomic mass is 10.2. The van der Waals surface area contributed by atoms with Crippen LogP contribution in [0.1, 0.15) is 18.3 Å². The minimum absolute atomic E-state index is 0.683. The zero-order valence-electron chi connectivity index (χ0n) is 11.3. The SMILES string of the molecule is CCc1nc(NC)cc(Nc2c(C)cccc2Cl)n1. The Labute approximate surface area is 118 Å². The van der Waals surface area contributed by atoms with Gasteiger partial charge in [0.2, 0.25) is 0 Å². The summed E-state index contributed by atoms with van der Waals surface area (Å²) in [5, 5.41) is 6.98. The van der Waals surface area contributed by atoms with E-state index in [-0.39, 0.29) is 0 Å². The number of halogens is 1. The molecule has 19 heavy (non-hydrogen) atoms. The summed E-state index contributed by atoms with van der Waals surface area (Å²) in [4.78, 5) is 8.82. The van der Waals surface area contributed by atoms with Crippen molar-refractivity contribution in [3.63, 3.8) is 0 Å². The molecule has 1 aromatic carbocycles. The molecule has 0 saturated heterocycles. The molecule has 0 amide bonds.